The summed E-state index contributed by atoms with van der Waals surface area (Å²) in [5, 5.41) is 12.3. The van der Waals surface area contributed by atoms with Gasteiger partial charge in [0.2, 0.25) is 5.16 Å². The summed E-state index contributed by atoms with van der Waals surface area (Å²) in [6.07, 6.45) is 0.505. The van der Waals surface area contributed by atoms with Gasteiger partial charge in [0.25, 0.3) is 0 Å². The molecule has 1 aromatic carbocycles. The second-order valence-corrected chi connectivity index (χ2v) is 5.27. The number of carbonyl (C=O) groups excluding carboxylic acids is 1. The highest BCUT2D eigenvalue weighted by atomic mass is 32.2. The van der Waals surface area contributed by atoms with E-state index in [1.54, 1.807) is 11.6 Å². The van der Waals surface area contributed by atoms with E-state index in [0.29, 0.717) is 23.9 Å². The van der Waals surface area contributed by atoms with Crippen molar-refractivity contribution in [3.8, 4) is 5.69 Å². The van der Waals surface area contributed by atoms with Crippen molar-refractivity contribution < 1.29 is 9.53 Å². The number of benzene rings is 1. The number of thioether (sulfide) groups is 1. The number of esters is 1. The second-order valence-electron chi connectivity index (χ2n) is 4.20. The standard InChI is InChI=1S/C13H17N5O2S/c1-2-20-12(19)11(14)8-9-21-13-15-16-17-18(13)10-6-4-3-5-7-10/h3-7,11H,2,8-9,14H2,1H3. The Hall–Kier alpha value is -1.93. The molecule has 7 nitrogen and oxygen atoms in total. The number of ether oxygens (including phenoxy) is 1. The molecule has 0 fully saturated rings. The molecule has 1 unspecified atom stereocenters. The summed E-state index contributed by atoms with van der Waals surface area (Å²) in [5.74, 6) is 0.258. The Bertz CT molecular complexity index is 575. The third kappa shape index (κ3) is 4.27. The Morgan fingerprint density at radius 1 is 1.43 bits per heavy atom. The second kappa shape index (κ2) is 7.75. The lowest BCUT2D eigenvalue weighted by Crippen LogP contribution is -2.32. The molecule has 0 bridgehead atoms. The first-order chi connectivity index (χ1) is 10.2. The summed E-state index contributed by atoms with van der Waals surface area (Å²) in [5.41, 5.74) is 6.63. The molecule has 2 rings (SSSR count). The van der Waals surface area contributed by atoms with Crippen molar-refractivity contribution in [1.82, 2.24) is 20.2 Å². The minimum absolute atomic E-state index is 0.339. The van der Waals surface area contributed by atoms with Crippen molar-refractivity contribution in [3.63, 3.8) is 0 Å². The number of rotatable bonds is 7. The van der Waals surface area contributed by atoms with Crippen LogP contribution in [0.3, 0.4) is 0 Å². The molecule has 0 radical (unpaired) electrons. The molecule has 0 aliphatic heterocycles. The summed E-state index contributed by atoms with van der Waals surface area (Å²) >= 11 is 1.45. The van der Waals surface area contributed by atoms with Crippen LogP contribution in [0, 0.1) is 0 Å². The van der Waals surface area contributed by atoms with Gasteiger partial charge in [-0.1, -0.05) is 30.0 Å². The average Bonchev–Trinajstić information content (AvgIpc) is 2.96. The third-order valence-electron chi connectivity index (χ3n) is 2.69. The fourth-order valence-electron chi connectivity index (χ4n) is 1.64. The molecule has 0 spiro atoms. The molecule has 2 N–H and O–H groups in total. The van der Waals surface area contributed by atoms with Crippen molar-refractivity contribution in [2.45, 2.75) is 24.5 Å². The highest BCUT2D eigenvalue weighted by molar-refractivity contribution is 7.99. The molecule has 0 amide bonds. The van der Waals surface area contributed by atoms with Crippen LogP contribution in [-0.2, 0) is 9.53 Å². The summed E-state index contributed by atoms with van der Waals surface area (Å²) in [7, 11) is 0. The zero-order valence-electron chi connectivity index (χ0n) is 11.7. The predicted octanol–water partition coefficient (Wildman–Crippen LogP) is 1.03. The molecule has 1 heterocycles. The lowest BCUT2D eigenvalue weighted by Gasteiger charge is -2.09. The lowest BCUT2D eigenvalue weighted by atomic mass is 10.2. The van der Waals surface area contributed by atoms with Crippen molar-refractivity contribution in [2.24, 2.45) is 5.73 Å². The number of para-hydroxylation sites is 1. The molecule has 1 aromatic heterocycles. The number of nitrogens with zero attached hydrogens (tertiary/aromatic N) is 4. The first kappa shape index (κ1) is 15.5. The van der Waals surface area contributed by atoms with Crippen LogP contribution in [0.4, 0.5) is 0 Å². The molecular formula is C13H17N5O2S. The molecule has 0 aliphatic rings. The lowest BCUT2D eigenvalue weighted by molar-refractivity contribution is -0.144. The maximum Gasteiger partial charge on any atom is 0.322 e. The van der Waals surface area contributed by atoms with Gasteiger partial charge >= 0.3 is 5.97 Å². The van der Waals surface area contributed by atoms with E-state index in [9.17, 15) is 4.79 Å². The average molecular weight is 307 g/mol. The maximum absolute atomic E-state index is 11.4. The summed E-state index contributed by atoms with van der Waals surface area (Å²) in [6, 6.07) is 9.00. The topological polar surface area (TPSA) is 95.9 Å². The number of hydrogen-bond donors (Lipinski definition) is 1. The van der Waals surface area contributed by atoms with E-state index in [0.717, 1.165) is 5.69 Å². The van der Waals surface area contributed by atoms with Gasteiger partial charge in [-0.15, -0.1) is 5.10 Å². The first-order valence-electron chi connectivity index (χ1n) is 6.61. The van der Waals surface area contributed by atoms with Crippen LogP contribution in [0.2, 0.25) is 0 Å². The molecule has 0 saturated carbocycles. The largest absolute Gasteiger partial charge is 0.465 e. The Morgan fingerprint density at radius 3 is 2.90 bits per heavy atom. The van der Waals surface area contributed by atoms with E-state index in [2.05, 4.69) is 15.5 Å². The highest BCUT2D eigenvalue weighted by Gasteiger charge is 2.15. The first-order valence-corrected chi connectivity index (χ1v) is 7.59. The molecule has 8 heteroatoms. The monoisotopic (exact) mass is 307 g/mol. The molecule has 1 atom stereocenters. The summed E-state index contributed by atoms with van der Waals surface area (Å²) in [6.45, 7) is 2.10. The Kier molecular flexibility index (Phi) is 5.70. The van der Waals surface area contributed by atoms with Gasteiger partial charge in [-0.05, 0) is 35.9 Å². The van der Waals surface area contributed by atoms with Crippen LogP contribution >= 0.6 is 11.8 Å². The van der Waals surface area contributed by atoms with E-state index in [-0.39, 0.29) is 5.97 Å². The molecule has 0 saturated heterocycles. The fraction of sp³-hybridized carbons (Fsp3) is 0.385. The van der Waals surface area contributed by atoms with E-state index in [4.69, 9.17) is 10.5 Å². The van der Waals surface area contributed by atoms with Crippen LogP contribution in [0.25, 0.3) is 5.69 Å². The smallest absolute Gasteiger partial charge is 0.322 e. The fourth-order valence-corrected chi connectivity index (χ4v) is 2.56. The minimum atomic E-state index is -0.612. The third-order valence-corrected chi connectivity index (χ3v) is 3.64. The van der Waals surface area contributed by atoms with Crippen molar-refractivity contribution in [2.75, 3.05) is 12.4 Å². The summed E-state index contributed by atoms with van der Waals surface area (Å²) < 4.78 is 6.52. The van der Waals surface area contributed by atoms with Gasteiger partial charge in [0.15, 0.2) is 0 Å². The quantitative estimate of drug-likeness (QED) is 0.603. The number of hydrogen-bond acceptors (Lipinski definition) is 7. The molecule has 21 heavy (non-hydrogen) atoms. The van der Waals surface area contributed by atoms with E-state index in [1.165, 1.54) is 11.8 Å². The van der Waals surface area contributed by atoms with Gasteiger partial charge < -0.3 is 10.5 Å². The van der Waals surface area contributed by atoms with Gasteiger partial charge in [0.1, 0.15) is 6.04 Å². The Morgan fingerprint density at radius 2 is 2.19 bits per heavy atom. The normalized spacial score (nSPS) is 12.1. The van der Waals surface area contributed by atoms with Crippen LogP contribution in [-0.4, -0.2) is 44.6 Å². The number of aromatic nitrogens is 4. The minimum Gasteiger partial charge on any atom is -0.465 e. The zero-order chi connectivity index (χ0) is 15.1. The number of nitrogens with two attached hydrogens (primary N) is 1. The molecule has 2 aromatic rings. The molecule has 0 aliphatic carbocycles. The van der Waals surface area contributed by atoms with Crippen LogP contribution < -0.4 is 5.73 Å². The maximum atomic E-state index is 11.4. The predicted molar refractivity (Wildman–Crippen MR) is 79.1 cm³/mol. The van der Waals surface area contributed by atoms with Gasteiger partial charge in [-0.3, -0.25) is 4.79 Å². The van der Waals surface area contributed by atoms with Crippen molar-refractivity contribution in [3.05, 3.63) is 30.3 Å². The molecular weight excluding hydrogens is 290 g/mol. The van der Waals surface area contributed by atoms with Gasteiger partial charge in [-0.2, -0.15) is 4.68 Å². The number of carbonyl (C=O) groups is 1. The van der Waals surface area contributed by atoms with Crippen molar-refractivity contribution in [1.29, 1.82) is 0 Å². The SMILES string of the molecule is CCOC(=O)C(N)CCSc1nnnn1-c1ccccc1. The van der Waals surface area contributed by atoms with Crippen LogP contribution in [0.15, 0.2) is 35.5 Å². The van der Waals surface area contributed by atoms with Crippen LogP contribution in [0.5, 0.6) is 0 Å². The number of tetrazole rings is 1. The van der Waals surface area contributed by atoms with Gasteiger partial charge in [0, 0.05) is 5.75 Å². The molecule has 112 valence electrons. The highest BCUT2D eigenvalue weighted by Crippen LogP contribution is 2.19. The van der Waals surface area contributed by atoms with Crippen molar-refractivity contribution >= 4 is 17.7 Å². The van der Waals surface area contributed by atoms with Crippen LogP contribution in [0.1, 0.15) is 13.3 Å². The van der Waals surface area contributed by atoms with Gasteiger partial charge in [0.05, 0.1) is 12.3 Å². The Balaban J connectivity index is 1.90. The van der Waals surface area contributed by atoms with E-state index < -0.39 is 6.04 Å². The van der Waals surface area contributed by atoms with E-state index in [1.807, 2.05) is 30.3 Å². The summed E-state index contributed by atoms with van der Waals surface area (Å²) in [4.78, 5) is 11.4. The zero-order valence-corrected chi connectivity index (χ0v) is 12.5. The Labute approximate surface area is 126 Å². The van der Waals surface area contributed by atoms with E-state index >= 15 is 0 Å². The van der Waals surface area contributed by atoms with Gasteiger partial charge in [-0.25, -0.2) is 0 Å².